The molecule has 4 aromatic rings. The minimum Gasteiger partial charge on any atom is -0.421 e. The van der Waals surface area contributed by atoms with Crippen LogP contribution < -0.4 is 11.2 Å². The highest BCUT2D eigenvalue weighted by Gasteiger charge is 2.14. The zero-order valence-electron chi connectivity index (χ0n) is 15.5. The third kappa shape index (κ3) is 2.88. The maximum Gasteiger partial charge on any atom is 0.364 e. The van der Waals surface area contributed by atoms with Crippen molar-refractivity contribution in [3.63, 3.8) is 0 Å². The molecule has 2 aromatic carbocycles. The van der Waals surface area contributed by atoms with Crippen LogP contribution in [0.15, 0.2) is 58.3 Å². The molecule has 2 aromatic heterocycles. The van der Waals surface area contributed by atoms with Crippen molar-refractivity contribution in [1.29, 1.82) is 0 Å². The van der Waals surface area contributed by atoms with Crippen molar-refractivity contribution >= 4 is 10.9 Å². The molecule has 2 heterocycles. The Morgan fingerprint density at radius 3 is 2.64 bits per heavy atom. The third-order valence-electron chi connectivity index (χ3n) is 4.87. The number of hydrogen-bond donors (Lipinski definition) is 1. The fourth-order valence-corrected chi connectivity index (χ4v) is 3.30. The quantitative estimate of drug-likeness (QED) is 0.549. The molecule has 8 nitrogen and oxygen atoms in total. The molecule has 0 radical (unpaired) electrons. The zero-order chi connectivity index (χ0) is 19.8. The van der Waals surface area contributed by atoms with Gasteiger partial charge in [-0.15, -0.1) is 5.10 Å². The molecule has 0 saturated carbocycles. The highest BCUT2D eigenvalue weighted by molar-refractivity contribution is 5.83. The van der Waals surface area contributed by atoms with E-state index in [0.29, 0.717) is 29.9 Å². The van der Waals surface area contributed by atoms with E-state index >= 15 is 0 Å². The van der Waals surface area contributed by atoms with Crippen molar-refractivity contribution in [3.8, 4) is 11.3 Å². The van der Waals surface area contributed by atoms with E-state index in [-0.39, 0.29) is 10.1 Å². The monoisotopic (exact) mass is 377 g/mol. The Labute approximate surface area is 159 Å². The van der Waals surface area contributed by atoms with E-state index in [0.717, 1.165) is 5.56 Å². The first kappa shape index (κ1) is 17.7. The molecule has 0 saturated heterocycles. The van der Waals surface area contributed by atoms with Crippen molar-refractivity contribution in [2.24, 2.45) is 0 Å². The molecule has 0 bridgehead atoms. The summed E-state index contributed by atoms with van der Waals surface area (Å²) in [5.41, 5.74) is 2.57. The standard InChI is InChI=1S/C20H19N5O3/c1-3-24-18-9-8-14(10-16(18)19(26)25(28)20(24)27)17-12-23(22-21-17)11-15-7-5-4-6-13(15)2/h4-10,12,28H,3,11H2,1-2H3. The lowest BCUT2D eigenvalue weighted by Gasteiger charge is -2.09. The Morgan fingerprint density at radius 1 is 1.11 bits per heavy atom. The summed E-state index contributed by atoms with van der Waals surface area (Å²) in [4.78, 5) is 24.4. The van der Waals surface area contributed by atoms with Gasteiger partial charge in [0.25, 0.3) is 5.56 Å². The third-order valence-corrected chi connectivity index (χ3v) is 4.87. The second-order valence-electron chi connectivity index (χ2n) is 6.60. The van der Waals surface area contributed by atoms with Crippen LogP contribution >= 0.6 is 0 Å². The Bertz CT molecular complexity index is 1300. The van der Waals surface area contributed by atoms with Crippen molar-refractivity contribution < 1.29 is 5.21 Å². The lowest BCUT2D eigenvalue weighted by atomic mass is 10.1. The average Bonchev–Trinajstić information content (AvgIpc) is 3.17. The summed E-state index contributed by atoms with van der Waals surface area (Å²) in [7, 11) is 0. The van der Waals surface area contributed by atoms with Crippen LogP contribution in [-0.2, 0) is 13.1 Å². The van der Waals surface area contributed by atoms with Crippen LogP contribution in [0, 0.1) is 6.92 Å². The van der Waals surface area contributed by atoms with E-state index in [2.05, 4.69) is 10.3 Å². The van der Waals surface area contributed by atoms with Gasteiger partial charge in [0.2, 0.25) is 0 Å². The molecule has 1 N–H and O–H groups in total. The van der Waals surface area contributed by atoms with Crippen LogP contribution in [0.5, 0.6) is 0 Å². The van der Waals surface area contributed by atoms with Gasteiger partial charge in [0.15, 0.2) is 0 Å². The van der Waals surface area contributed by atoms with E-state index in [1.54, 1.807) is 36.0 Å². The first-order valence-corrected chi connectivity index (χ1v) is 8.93. The van der Waals surface area contributed by atoms with Crippen LogP contribution in [0.1, 0.15) is 18.1 Å². The molecule has 0 spiro atoms. The number of fused-ring (bicyclic) bond motifs is 1. The van der Waals surface area contributed by atoms with Gasteiger partial charge in [0, 0.05) is 12.1 Å². The molecule has 28 heavy (non-hydrogen) atoms. The molecule has 0 amide bonds. The van der Waals surface area contributed by atoms with Crippen molar-refractivity contribution in [2.75, 3.05) is 0 Å². The minimum atomic E-state index is -0.753. The first-order valence-electron chi connectivity index (χ1n) is 8.93. The SMILES string of the molecule is CCn1c(=O)n(O)c(=O)c2cc(-c3cn(Cc4ccccc4C)nn3)ccc21. The molecule has 0 aliphatic carbocycles. The molecular formula is C20H19N5O3. The van der Waals surface area contributed by atoms with Crippen molar-refractivity contribution in [1.82, 2.24) is 24.3 Å². The van der Waals surface area contributed by atoms with Crippen LogP contribution in [0.25, 0.3) is 22.2 Å². The molecular weight excluding hydrogens is 358 g/mol. The Balaban J connectivity index is 1.76. The Morgan fingerprint density at radius 2 is 1.89 bits per heavy atom. The number of aromatic nitrogens is 5. The van der Waals surface area contributed by atoms with E-state index in [4.69, 9.17) is 0 Å². The van der Waals surface area contributed by atoms with Gasteiger partial charge in [-0.25, -0.2) is 9.48 Å². The zero-order valence-corrected chi connectivity index (χ0v) is 15.5. The summed E-state index contributed by atoms with van der Waals surface area (Å²) in [6.07, 6.45) is 1.81. The summed E-state index contributed by atoms with van der Waals surface area (Å²) in [5.74, 6) is 0. The lowest BCUT2D eigenvalue weighted by Crippen LogP contribution is -2.38. The molecule has 4 rings (SSSR count). The Hall–Kier alpha value is -3.68. The predicted molar refractivity (Wildman–Crippen MR) is 105 cm³/mol. The normalized spacial score (nSPS) is 11.2. The van der Waals surface area contributed by atoms with Gasteiger partial charge in [-0.3, -0.25) is 9.36 Å². The summed E-state index contributed by atoms with van der Waals surface area (Å²) >= 11 is 0. The second-order valence-corrected chi connectivity index (χ2v) is 6.60. The topological polar surface area (TPSA) is 94.9 Å². The van der Waals surface area contributed by atoms with Gasteiger partial charge in [-0.1, -0.05) is 40.3 Å². The van der Waals surface area contributed by atoms with E-state index in [9.17, 15) is 14.8 Å². The van der Waals surface area contributed by atoms with Crippen LogP contribution in [0.4, 0.5) is 0 Å². The number of rotatable bonds is 4. The fraction of sp³-hybridized carbons (Fsp3) is 0.200. The molecule has 0 unspecified atom stereocenters. The predicted octanol–water partition coefficient (Wildman–Crippen LogP) is 2.04. The number of hydrogen-bond acceptors (Lipinski definition) is 5. The first-order chi connectivity index (χ1) is 13.5. The summed E-state index contributed by atoms with van der Waals surface area (Å²) in [5, 5.41) is 18.4. The number of aryl methyl sites for hydroxylation is 2. The van der Waals surface area contributed by atoms with E-state index < -0.39 is 11.2 Å². The van der Waals surface area contributed by atoms with Crippen molar-refractivity contribution in [3.05, 3.63) is 80.6 Å². The number of nitrogens with zero attached hydrogens (tertiary/aromatic N) is 5. The van der Waals surface area contributed by atoms with Crippen LogP contribution in [0.2, 0.25) is 0 Å². The van der Waals surface area contributed by atoms with Gasteiger partial charge < -0.3 is 5.21 Å². The fourth-order valence-electron chi connectivity index (χ4n) is 3.30. The number of benzene rings is 2. The highest BCUT2D eigenvalue weighted by Crippen LogP contribution is 2.21. The van der Waals surface area contributed by atoms with Crippen LogP contribution in [0.3, 0.4) is 0 Å². The van der Waals surface area contributed by atoms with Crippen LogP contribution in [-0.4, -0.2) is 29.5 Å². The lowest BCUT2D eigenvalue weighted by molar-refractivity contribution is 0.157. The summed E-state index contributed by atoms with van der Waals surface area (Å²) in [6, 6.07) is 13.2. The minimum absolute atomic E-state index is 0.143. The average molecular weight is 377 g/mol. The molecule has 0 aliphatic rings. The second kappa shape index (κ2) is 6.80. The van der Waals surface area contributed by atoms with Gasteiger partial charge >= 0.3 is 5.69 Å². The highest BCUT2D eigenvalue weighted by atomic mass is 16.5. The smallest absolute Gasteiger partial charge is 0.364 e. The molecule has 0 fully saturated rings. The van der Waals surface area contributed by atoms with E-state index in [1.807, 2.05) is 31.2 Å². The van der Waals surface area contributed by atoms with Gasteiger partial charge in [-0.2, -0.15) is 0 Å². The maximum atomic E-state index is 12.3. The summed E-state index contributed by atoms with van der Waals surface area (Å²) in [6.45, 7) is 4.74. The largest absolute Gasteiger partial charge is 0.421 e. The van der Waals surface area contributed by atoms with Gasteiger partial charge in [0.1, 0.15) is 5.69 Å². The van der Waals surface area contributed by atoms with Gasteiger partial charge in [-0.05, 0) is 37.1 Å². The van der Waals surface area contributed by atoms with E-state index in [1.165, 1.54) is 10.1 Å². The van der Waals surface area contributed by atoms with Crippen molar-refractivity contribution in [2.45, 2.75) is 26.9 Å². The molecule has 0 atom stereocenters. The Kier molecular flexibility index (Phi) is 4.31. The molecule has 0 aliphatic heterocycles. The molecule has 8 heteroatoms. The van der Waals surface area contributed by atoms with Gasteiger partial charge in [0.05, 0.1) is 23.6 Å². The summed E-state index contributed by atoms with van der Waals surface area (Å²) < 4.78 is 3.22. The molecule has 142 valence electrons. The maximum absolute atomic E-state index is 12.3.